The topological polar surface area (TPSA) is 92.8 Å². The first-order valence-corrected chi connectivity index (χ1v) is 10.1. The molecule has 2 N–H and O–H groups in total. The van der Waals surface area contributed by atoms with Gasteiger partial charge in [0.15, 0.2) is 0 Å². The second kappa shape index (κ2) is 14.5. The Balaban J connectivity index is 2.48. The summed E-state index contributed by atoms with van der Waals surface area (Å²) in [6.07, 6.45) is 4.75. The summed E-state index contributed by atoms with van der Waals surface area (Å²) in [5.41, 5.74) is 1.00. The van der Waals surface area contributed by atoms with E-state index in [0.717, 1.165) is 37.1 Å². The van der Waals surface area contributed by atoms with Crippen LogP contribution in [0.5, 0.6) is 0 Å². The zero-order chi connectivity index (χ0) is 20.6. The predicted octanol–water partition coefficient (Wildman–Crippen LogP) is 3.25. The zero-order valence-corrected chi connectivity index (χ0v) is 17.3. The number of alkyl carbamates (subject to hydrolysis) is 2. The van der Waals surface area contributed by atoms with Crippen molar-refractivity contribution in [2.24, 2.45) is 0 Å². The molecule has 158 valence electrons. The van der Waals surface area contributed by atoms with Crippen LogP contribution in [0.3, 0.4) is 0 Å². The van der Waals surface area contributed by atoms with Crippen molar-refractivity contribution in [3.8, 4) is 0 Å². The molecule has 0 atom stereocenters. The number of nitrogens with zero attached hydrogens (tertiary/aromatic N) is 2. The summed E-state index contributed by atoms with van der Waals surface area (Å²) in [4.78, 5) is 29.7. The summed E-state index contributed by atoms with van der Waals surface area (Å²) < 4.78 is 10.5. The highest BCUT2D eigenvalue weighted by Gasteiger charge is 2.13. The van der Waals surface area contributed by atoms with E-state index >= 15 is 0 Å². The van der Waals surface area contributed by atoms with Crippen molar-refractivity contribution in [1.29, 1.82) is 0 Å². The van der Waals surface area contributed by atoms with Gasteiger partial charge in [-0.3, -0.25) is 0 Å². The number of hydrogen-bond donors (Lipinski definition) is 2. The van der Waals surface area contributed by atoms with Crippen LogP contribution in [-0.4, -0.2) is 56.6 Å². The Morgan fingerprint density at radius 2 is 1.54 bits per heavy atom. The highest BCUT2D eigenvalue weighted by Crippen LogP contribution is 2.15. The van der Waals surface area contributed by atoms with Crippen molar-refractivity contribution in [1.82, 2.24) is 15.6 Å². The molecule has 0 saturated carbocycles. The molecule has 0 aliphatic heterocycles. The number of amides is 2. The summed E-state index contributed by atoms with van der Waals surface area (Å²) in [6.45, 7) is 8.66. The molecule has 2 amide bonds. The van der Waals surface area contributed by atoms with Crippen LogP contribution in [0.25, 0.3) is 0 Å². The molecule has 0 aromatic carbocycles. The molecule has 1 aromatic rings. The highest BCUT2D eigenvalue weighted by molar-refractivity contribution is 5.67. The summed E-state index contributed by atoms with van der Waals surface area (Å²) in [6, 6.07) is 3.83. The Hall–Kier alpha value is -2.51. The van der Waals surface area contributed by atoms with Crippen molar-refractivity contribution < 1.29 is 19.1 Å². The number of aromatic nitrogens is 1. The minimum absolute atomic E-state index is 0.219. The predicted molar refractivity (Wildman–Crippen MR) is 110 cm³/mol. The van der Waals surface area contributed by atoms with E-state index in [1.165, 1.54) is 0 Å². The number of pyridine rings is 1. The van der Waals surface area contributed by atoms with Crippen molar-refractivity contribution in [2.45, 2.75) is 46.5 Å². The van der Waals surface area contributed by atoms with E-state index in [-0.39, 0.29) is 13.2 Å². The first-order valence-electron chi connectivity index (χ1n) is 10.1. The highest BCUT2D eigenvalue weighted by atomic mass is 16.6. The third-order valence-corrected chi connectivity index (χ3v) is 4.07. The van der Waals surface area contributed by atoms with Crippen molar-refractivity contribution in [3.05, 3.63) is 23.9 Å². The van der Waals surface area contributed by atoms with Gasteiger partial charge in [0.2, 0.25) is 0 Å². The molecule has 0 spiro atoms. The number of hydrogen-bond acceptors (Lipinski definition) is 6. The molecule has 0 fully saturated rings. The van der Waals surface area contributed by atoms with Gasteiger partial charge in [0.1, 0.15) is 19.0 Å². The van der Waals surface area contributed by atoms with E-state index in [1.54, 1.807) is 6.20 Å². The maximum absolute atomic E-state index is 11.7. The molecule has 8 heteroatoms. The normalized spacial score (nSPS) is 10.2. The van der Waals surface area contributed by atoms with Gasteiger partial charge >= 0.3 is 12.2 Å². The standard InChI is InChI=1S/C20H34N4O4/c1-4-6-10-22-19(25)27-15-13-24(18-17(3)9-8-12-21-18)14-16-28-20(26)23-11-7-5-2/h8-9,12H,4-7,10-11,13-16H2,1-3H3,(H,22,25)(H,23,26). The summed E-state index contributed by atoms with van der Waals surface area (Å²) in [5.74, 6) is 0.785. The maximum Gasteiger partial charge on any atom is 0.407 e. The quantitative estimate of drug-likeness (QED) is 0.499. The number of carbonyl (C=O) groups is 2. The van der Waals surface area contributed by atoms with Crippen LogP contribution < -0.4 is 15.5 Å². The van der Waals surface area contributed by atoms with Gasteiger partial charge in [-0.15, -0.1) is 0 Å². The lowest BCUT2D eigenvalue weighted by Gasteiger charge is -2.24. The van der Waals surface area contributed by atoms with E-state index < -0.39 is 12.2 Å². The summed E-state index contributed by atoms with van der Waals surface area (Å²) in [7, 11) is 0. The van der Waals surface area contributed by atoms with Crippen LogP contribution in [0.15, 0.2) is 18.3 Å². The fourth-order valence-corrected chi connectivity index (χ4v) is 2.47. The van der Waals surface area contributed by atoms with Crippen molar-refractivity contribution in [3.63, 3.8) is 0 Å². The number of carbonyl (C=O) groups excluding carboxylic acids is 2. The number of rotatable bonds is 13. The third kappa shape index (κ3) is 9.99. The third-order valence-electron chi connectivity index (χ3n) is 4.07. The Bertz CT molecular complexity index is 555. The van der Waals surface area contributed by atoms with E-state index in [2.05, 4.69) is 29.5 Å². The van der Waals surface area contributed by atoms with Gasteiger partial charge in [0, 0.05) is 19.3 Å². The fourth-order valence-electron chi connectivity index (χ4n) is 2.47. The number of ether oxygens (including phenoxy) is 2. The molecule has 0 unspecified atom stereocenters. The second-order valence-electron chi connectivity index (χ2n) is 6.46. The van der Waals surface area contributed by atoms with E-state index in [1.807, 2.05) is 24.0 Å². The van der Waals surface area contributed by atoms with Crippen LogP contribution in [0.1, 0.15) is 45.1 Å². The van der Waals surface area contributed by atoms with Gasteiger partial charge < -0.3 is 25.0 Å². The van der Waals surface area contributed by atoms with Crippen molar-refractivity contribution >= 4 is 18.0 Å². The average molecular weight is 395 g/mol. The van der Waals surface area contributed by atoms with Crippen LogP contribution in [0, 0.1) is 6.92 Å². The Morgan fingerprint density at radius 3 is 2.00 bits per heavy atom. The number of aryl methyl sites for hydroxylation is 1. The van der Waals surface area contributed by atoms with E-state index in [4.69, 9.17) is 9.47 Å². The summed E-state index contributed by atoms with van der Waals surface area (Å²) in [5, 5.41) is 5.44. The molecular formula is C20H34N4O4. The van der Waals surface area contributed by atoms with Gasteiger partial charge in [0.05, 0.1) is 13.1 Å². The molecule has 0 saturated heterocycles. The SMILES string of the molecule is CCCCNC(=O)OCCN(CCOC(=O)NCCCC)c1ncccc1C. The first-order chi connectivity index (χ1) is 13.6. The lowest BCUT2D eigenvalue weighted by atomic mass is 10.2. The van der Waals surface area contributed by atoms with Gasteiger partial charge in [-0.05, 0) is 31.4 Å². The Kier molecular flexibility index (Phi) is 12.2. The Labute approximate surface area is 168 Å². The molecule has 8 nitrogen and oxygen atoms in total. The van der Waals surface area contributed by atoms with Crippen LogP contribution in [0.4, 0.5) is 15.4 Å². The monoisotopic (exact) mass is 394 g/mol. The van der Waals surface area contributed by atoms with Crippen LogP contribution >= 0.6 is 0 Å². The maximum atomic E-state index is 11.7. The Morgan fingerprint density at radius 1 is 1.00 bits per heavy atom. The van der Waals surface area contributed by atoms with Crippen LogP contribution in [-0.2, 0) is 9.47 Å². The molecule has 0 bridgehead atoms. The molecule has 0 radical (unpaired) electrons. The molecule has 1 aromatic heterocycles. The first kappa shape index (κ1) is 23.5. The van der Waals surface area contributed by atoms with Gasteiger partial charge in [-0.1, -0.05) is 32.8 Å². The number of unbranched alkanes of at least 4 members (excludes halogenated alkanes) is 2. The fraction of sp³-hybridized carbons (Fsp3) is 0.650. The van der Waals surface area contributed by atoms with Crippen LogP contribution in [0.2, 0.25) is 0 Å². The largest absolute Gasteiger partial charge is 0.448 e. The number of anilines is 1. The van der Waals surface area contributed by atoms with Gasteiger partial charge in [-0.2, -0.15) is 0 Å². The smallest absolute Gasteiger partial charge is 0.407 e. The van der Waals surface area contributed by atoms with E-state index in [9.17, 15) is 9.59 Å². The lowest BCUT2D eigenvalue weighted by Crippen LogP contribution is -2.36. The molecular weight excluding hydrogens is 360 g/mol. The van der Waals surface area contributed by atoms with E-state index in [0.29, 0.717) is 26.2 Å². The van der Waals surface area contributed by atoms with Gasteiger partial charge in [-0.25, -0.2) is 14.6 Å². The summed E-state index contributed by atoms with van der Waals surface area (Å²) >= 11 is 0. The minimum atomic E-state index is -0.419. The van der Waals surface area contributed by atoms with Crippen molar-refractivity contribution in [2.75, 3.05) is 44.3 Å². The molecule has 1 rings (SSSR count). The van der Waals surface area contributed by atoms with Gasteiger partial charge in [0.25, 0.3) is 0 Å². The second-order valence-corrected chi connectivity index (χ2v) is 6.46. The average Bonchev–Trinajstić information content (AvgIpc) is 2.68. The lowest BCUT2D eigenvalue weighted by molar-refractivity contribution is 0.144. The zero-order valence-electron chi connectivity index (χ0n) is 17.3. The molecule has 0 aliphatic carbocycles. The number of nitrogens with one attached hydrogen (secondary N) is 2. The minimum Gasteiger partial charge on any atom is -0.448 e. The molecule has 0 aliphatic rings. The molecule has 28 heavy (non-hydrogen) atoms. The molecule has 1 heterocycles.